The predicted octanol–water partition coefficient (Wildman–Crippen LogP) is -0.746. The van der Waals surface area contributed by atoms with Crippen LogP contribution in [0.2, 0.25) is 0 Å². The molecule has 0 fully saturated rings. The van der Waals surface area contributed by atoms with Gasteiger partial charge in [0.2, 0.25) is 0 Å². The number of nitrogens with zero attached hydrogens (tertiary/aromatic N) is 4. The van der Waals surface area contributed by atoms with Crippen LogP contribution in [0.5, 0.6) is 0 Å². The van der Waals surface area contributed by atoms with E-state index >= 15 is 0 Å². The van der Waals surface area contributed by atoms with Crippen molar-refractivity contribution in [2.75, 3.05) is 6.61 Å². The summed E-state index contributed by atoms with van der Waals surface area (Å²) in [7, 11) is 0. The Hall–Kier alpha value is -3.20. The third kappa shape index (κ3) is 7.19. The third-order valence-electron chi connectivity index (χ3n) is 1.46. The molecule has 0 aliphatic rings. The van der Waals surface area contributed by atoms with Crippen molar-refractivity contribution in [1.29, 1.82) is 0 Å². The van der Waals surface area contributed by atoms with E-state index in [4.69, 9.17) is 0 Å². The van der Waals surface area contributed by atoms with Crippen molar-refractivity contribution >= 4 is 0 Å². The highest BCUT2D eigenvalue weighted by Gasteiger charge is 2.43. The van der Waals surface area contributed by atoms with Gasteiger partial charge in [-0.25, -0.2) is 0 Å². The average Bonchev–Trinajstić information content (AvgIpc) is 2.20. The first-order valence-electron chi connectivity index (χ1n) is 4.45. The van der Waals surface area contributed by atoms with Crippen LogP contribution in [-0.2, 0) is 19.4 Å². The molecule has 0 saturated carbocycles. The van der Waals surface area contributed by atoms with Crippen LogP contribution in [0.25, 0.3) is 0 Å². The van der Waals surface area contributed by atoms with E-state index in [1.54, 1.807) is 0 Å². The van der Waals surface area contributed by atoms with Gasteiger partial charge in [-0.15, -0.1) is 40.5 Å². The van der Waals surface area contributed by atoms with Gasteiger partial charge in [-0.3, -0.25) is 14.5 Å². The van der Waals surface area contributed by atoms with Gasteiger partial charge in [0.25, 0.3) is 20.3 Å². The van der Waals surface area contributed by atoms with Crippen LogP contribution < -0.4 is 0 Å². The van der Waals surface area contributed by atoms with E-state index in [-0.39, 0.29) is 0 Å². The fourth-order valence-electron chi connectivity index (χ4n) is 0.955. The van der Waals surface area contributed by atoms with Crippen LogP contribution in [0.1, 0.15) is 12.8 Å². The first-order chi connectivity index (χ1) is 9.17. The molecule has 0 amide bonds. The average molecular weight is 302 g/mol. The van der Waals surface area contributed by atoms with E-state index in [0.29, 0.717) is 0 Å². The van der Waals surface area contributed by atoms with Crippen molar-refractivity contribution in [2.24, 2.45) is 0 Å². The van der Waals surface area contributed by atoms with Gasteiger partial charge in [0.1, 0.15) is 0 Å². The Bertz CT molecular complexity index is 354. The van der Waals surface area contributed by atoms with Crippen molar-refractivity contribution in [1.82, 2.24) is 0 Å². The first kappa shape index (κ1) is 16.8. The summed E-state index contributed by atoms with van der Waals surface area (Å²) in [5.41, 5.74) is 0. The first-order valence-corrected chi connectivity index (χ1v) is 4.45. The van der Waals surface area contributed by atoms with E-state index in [1.165, 1.54) is 0 Å². The zero-order valence-corrected chi connectivity index (χ0v) is 9.31. The summed E-state index contributed by atoms with van der Waals surface area (Å²) < 4.78 is 0. The normalized spacial score (nSPS) is 10.2. The molecule has 0 aliphatic carbocycles. The Kier molecular flexibility index (Phi) is 6.12. The lowest BCUT2D eigenvalue weighted by Gasteiger charge is -2.25. The number of hydrogen-bond acceptors (Lipinski definition) is 12. The van der Waals surface area contributed by atoms with Gasteiger partial charge in [0.15, 0.2) is 0 Å². The van der Waals surface area contributed by atoms with Gasteiger partial charge in [-0.2, -0.15) is 0 Å². The summed E-state index contributed by atoms with van der Waals surface area (Å²) in [6.07, 6.45) is -1.49. The quantitative estimate of drug-likeness (QED) is 0.199. The Morgan fingerprint density at radius 2 is 1.15 bits per heavy atom. The SMILES string of the molecule is O=[N+]([O-])OCCCC(O[N+](=O)[O-])(O[N+](=O)[O-])O[N+](=O)[O-]. The number of rotatable bonds is 11. The van der Waals surface area contributed by atoms with Crippen molar-refractivity contribution in [3.05, 3.63) is 40.5 Å². The molecule has 0 saturated heterocycles. The van der Waals surface area contributed by atoms with E-state index < -0.39 is 45.8 Å². The molecule has 114 valence electrons. The molecule has 16 nitrogen and oxygen atoms in total. The van der Waals surface area contributed by atoms with Crippen molar-refractivity contribution < 1.29 is 39.7 Å². The largest absolute Gasteiger partial charge is 0.407 e. The van der Waals surface area contributed by atoms with Gasteiger partial charge >= 0.3 is 5.97 Å². The van der Waals surface area contributed by atoms with E-state index in [0.717, 1.165) is 0 Å². The Balaban J connectivity index is 4.85. The molecule has 0 N–H and O–H groups in total. The molecule has 0 bridgehead atoms. The minimum absolute atomic E-state index is 0.517. The predicted molar refractivity (Wildman–Crippen MR) is 49.1 cm³/mol. The second-order valence-corrected chi connectivity index (χ2v) is 2.79. The summed E-state index contributed by atoms with van der Waals surface area (Å²) in [5, 5.41) is 34.2. The molecule has 0 aromatic rings. The zero-order valence-electron chi connectivity index (χ0n) is 9.31. The molecule has 0 atom stereocenters. The lowest BCUT2D eigenvalue weighted by molar-refractivity contribution is -0.955. The number of hydrogen-bond donors (Lipinski definition) is 0. The molecule has 0 aliphatic heterocycles. The molecule has 0 radical (unpaired) electrons. The summed E-state index contributed by atoms with van der Waals surface area (Å²) in [6, 6.07) is 0. The molecule has 0 spiro atoms. The molecule has 20 heavy (non-hydrogen) atoms. The van der Waals surface area contributed by atoms with Crippen LogP contribution in [0.4, 0.5) is 0 Å². The fraction of sp³-hybridized carbons (Fsp3) is 1.00. The van der Waals surface area contributed by atoms with E-state index in [9.17, 15) is 40.5 Å². The summed E-state index contributed by atoms with van der Waals surface area (Å²) in [4.78, 5) is 55.0. The molecular formula is C4H6N4O12. The molecular weight excluding hydrogens is 296 g/mol. The minimum Gasteiger partial charge on any atom is -0.314 e. The van der Waals surface area contributed by atoms with Gasteiger partial charge in [-0.05, 0) is 6.42 Å². The highest BCUT2D eigenvalue weighted by molar-refractivity contribution is 4.52. The van der Waals surface area contributed by atoms with Crippen LogP contribution in [0, 0.1) is 40.5 Å². The smallest absolute Gasteiger partial charge is 0.314 e. The third-order valence-corrected chi connectivity index (χ3v) is 1.46. The maximum absolute atomic E-state index is 10.2. The second kappa shape index (κ2) is 7.28. The molecule has 0 aromatic carbocycles. The molecule has 0 aromatic heterocycles. The van der Waals surface area contributed by atoms with Crippen LogP contribution in [0.15, 0.2) is 0 Å². The van der Waals surface area contributed by atoms with Gasteiger partial charge in [-0.1, -0.05) is 0 Å². The molecule has 0 unspecified atom stereocenters. The Labute approximate surface area is 107 Å². The van der Waals surface area contributed by atoms with Crippen molar-refractivity contribution in [3.8, 4) is 0 Å². The molecule has 0 rings (SSSR count). The van der Waals surface area contributed by atoms with Gasteiger partial charge < -0.3 is 4.84 Å². The molecule has 0 heterocycles. The molecule has 16 heteroatoms. The topological polar surface area (TPSA) is 209 Å². The van der Waals surface area contributed by atoms with E-state index in [2.05, 4.69) is 19.4 Å². The van der Waals surface area contributed by atoms with Gasteiger partial charge in [0.05, 0.1) is 6.61 Å². The lowest BCUT2D eigenvalue weighted by atomic mass is 10.3. The summed E-state index contributed by atoms with van der Waals surface area (Å²) >= 11 is 0. The monoisotopic (exact) mass is 302 g/mol. The van der Waals surface area contributed by atoms with Crippen molar-refractivity contribution in [2.45, 2.75) is 18.8 Å². The standard InChI is InChI=1S/C4H6N4O12/c9-5(10)17-3-1-2-4(18-6(11)12,19-7(13)14)20-8(15)16/h1-3H2. The van der Waals surface area contributed by atoms with Crippen LogP contribution in [0.3, 0.4) is 0 Å². The Morgan fingerprint density at radius 3 is 1.45 bits per heavy atom. The minimum atomic E-state index is -3.30. The fourth-order valence-corrected chi connectivity index (χ4v) is 0.955. The van der Waals surface area contributed by atoms with Crippen LogP contribution >= 0.6 is 0 Å². The van der Waals surface area contributed by atoms with E-state index in [1.807, 2.05) is 0 Å². The maximum atomic E-state index is 10.2. The Morgan fingerprint density at radius 1 is 0.750 bits per heavy atom. The summed E-state index contributed by atoms with van der Waals surface area (Å²) in [5.74, 6) is -3.30. The zero-order chi connectivity index (χ0) is 15.8. The highest BCUT2D eigenvalue weighted by Crippen LogP contribution is 2.22. The van der Waals surface area contributed by atoms with Crippen molar-refractivity contribution in [3.63, 3.8) is 0 Å². The maximum Gasteiger partial charge on any atom is 0.407 e. The van der Waals surface area contributed by atoms with Crippen LogP contribution in [-0.4, -0.2) is 32.9 Å². The summed E-state index contributed by atoms with van der Waals surface area (Å²) in [6.45, 7) is -0.683. The second-order valence-electron chi connectivity index (χ2n) is 2.79. The highest BCUT2D eigenvalue weighted by atomic mass is 17.2. The lowest BCUT2D eigenvalue weighted by Crippen LogP contribution is -2.44. The van der Waals surface area contributed by atoms with Gasteiger partial charge in [0, 0.05) is 6.42 Å².